The van der Waals surface area contributed by atoms with Gasteiger partial charge in [-0.3, -0.25) is 5.32 Å². The molecule has 0 fully saturated rings. The van der Waals surface area contributed by atoms with Gasteiger partial charge >= 0.3 is 6.09 Å². The number of carbonyl (C=O) groups is 1. The van der Waals surface area contributed by atoms with E-state index < -0.39 is 11.7 Å². The molecule has 0 heterocycles. The summed E-state index contributed by atoms with van der Waals surface area (Å²) in [5.41, 5.74) is 12.4. The fourth-order valence-electron chi connectivity index (χ4n) is 3.10. The fourth-order valence-corrected chi connectivity index (χ4v) is 3.10. The van der Waals surface area contributed by atoms with Gasteiger partial charge in [0.25, 0.3) is 0 Å². The van der Waals surface area contributed by atoms with Gasteiger partial charge in [0, 0.05) is 17.1 Å². The van der Waals surface area contributed by atoms with Crippen LogP contribution in [-0.2, 0) is 4.74 Å². The second kappa shape index (κ2) is 9.14. The van der Waals surface area contributed by atoms with Crippen molar-refractivity contribution in [3.8, 4) is 0 Å². The molecule has 0 radical (unpaired) electrons. The summed E-state index contributed by atoms with van der Waals surface area (Å²) >= 11 is 0. The van der Waals surface area contributed by atoms with Gasteiger partial charge < -0.3 is 15.8 Å². The highest BCUT2D eigenvalue weighted by atomic mass is 16.6. The van der Waals surface area contributed by atoms with Crippen molar-refractivity contribution in [1.82, 2.24) is 0 Å². The number of carbonyl (C=O) groups excluding carboxylic acids is 1. The molecule has 3 rings (SSSR count). The molecule has 6 nitrogen and oxygen atoms in total. The fraction of sp³-hybridized carbons (Fsp3) is 0.231. The lowest BCUT2D eigenvalue weighted by molar-refractivity contribution is 0.0636. The molecule has 4 N–H and O–H groups in total. The van der Waals surface area contributed by atoms with Crippen LogP contribution in [0.25, 0.3) is 0 Å². The van der Waals surface area contributed by atoms with Crippen LogP contribution < -0.4 is 16.4 Å². The summed E-state index contributed by atoms with van der Waals surface area (Å²) in [4.78, 5) is 17.2. The summed E-state index contributed by atoms with van der Waals surface area (Å²) in [6.07, 6.45) is 3.24. The summed E-state index contributed by atoms with van der Waals surface area (Å²) < 4.78 is 5.41. The van der Waals surface area contributed by atoms with Crippen LogP contribution in [0.15, 0.2) is 83.0 Å². The van der Waals surface area contributed by atoms with Gasteiger partial charge in [0.2, 0.25) is 0 Å². The van der Waals surface area contributed by atoms with Gasteiger partial charge in [-0.05, 0) is 87.7 Å². The Morgan fingerprint density at radius 3 is 2.41 bits per heavy atom. The number of anilines is 3. The number of nitrogens with two attached hydrogens (primary N) is 1. The predicted octanol–water partition coefficient (Wildman–Crippen LogP) is 6.52. The molecule has 1 amide bonds. The van der Waals surface area contributed by atoms with Crippen molar-refractivity contribution in [3.63, 3.8) is 0 Å². The first-order valence-electron chi connectivity index (χ1n) is 10.4. The summed E-state index contributed by atoms with van der Waals surface area (Å²) in [6, 6.07) is 13.6. The van der Waals surface area contributed by atoms with Gasteiger partial charge in [0.1, 0.15) is 5.60 Å². The molecule has 0 bridgehead atoms. The largest absolute Gasteiger partial charge is 0.444 e. The molecule has 32 heavy (non-hydrogen) atoms. The highest BCUT2D eigenvalue weighted by Gasteiger charge is 2.18. The first-order valence-corrected chi connectivity index (χ1v) is 10.4. The number of para-hydroxylation sites is 1. The molecule has 0 saturated carbocycles. The highest BCUT2D eigenvalue weighted by molar-refractivity contribution is 6.13. The Labute approximate surface area is 189 Å². The maximum absolute atomic E-state index is 12.3. The molecule has 1 aliphatic rings. The molecule has 0 atom stereocenters. The molecular formula is C26H30N4O2. The third-order valence-electron chi connectivity index (χ3n) is 4.74. The SMILES string of the molecule is C=C1C=C(N)C(C)=C/C1=N/c1cc(C)c(NC(=O)OC(C)(C)C)cc1Nc1ccccc1. The second-order valence-corrected chi connectivity index (χ2v) is 8.75. The minimum atomic E-state index is -0.587. The first kappa shape index (κ1) is 22.9. The van der Waals surface area contributed by atoms with Crippen molar-refractivity contribution in [2.45, 2.75) is 40.2 Å². The van der Waals surface area contributed by atoms with Crippen LogP contribution in [-0.4, -0.2) is 17.4 Å². The normalized spacial score (nSPS) is 15.2. The third-order valence-corrected chi connectivity index (χ3v) is 4.74. The number of hydrogen-bond acceptors (Lipinski definition) is 5. The molecular weight excluding hydrogens is 400 g/mol. The van der Waals surface area contributed by atoms with E-state index in [-0.39, 0.29) is 0 Å². The smallest absolute Gasteiger partial charge is 0.412 e. The molecule has 0 unspecified atom stereocenters. The van der Waals surface area contributed by atoms with E-state index >= 15 is 0 Å². The summed E-state index contributed by atoms with van der Waals surface area (Å²) in [6.45, 7) is 13.4. The van der Waals surface area contributed by atoms with E-state index in [0.29, 0.717) is 11.4 Å². The molecule has 166 valence electrons. The molecule has 1 aliphatic carbocycles. The standard InChI is InChI=1S/C26H30N4O2/c1-16-13-21(17(2)12-20(16)27)29-23-14-18(3)22(30-25(31)32-26(4,5)6)15-24(23)28-19-10-8-7-9-11-19/h7-15,28H,2,27H2,1,3-6H3,(H,30,31)/b29-21-. The van der Waals surface area contributed by atoms with Crippen molar-refractivity contribution in [2.75, 3.05) is 10.6 Å². The topological polar surface area (TPSA) is 88.7 Å². The minimum Gasteiger partial charge on any atom is -0.444 e. The van der Waals surface area contributed by atoms with Gasteiger partial charge in [-0.15, -0.1) is 0 Å². The average Bonchev–Trinajstić information content (AvgIpc) is 2.68. The van der Waals surface area contributed by atoms with Crippen molar-refractivity contribution in [2.24, 2.45) is 10.7 Å². The zero-order valence-electron chi connectivity index (χ0n) is 19.2. The number of rotatable bonds is 4. The van der Waals surface area contributed by atoms with E-state index in [1.807, 2.05) is 89.2 Å². The molecule has 0 spiro atoms. The zero-order valence-corrected chi connectivity index (χ0v) is 19.2. The van der Waals surface area contributed by atoms with Crippen LogP contribution in [0, 0.1) is 6.92 Å². The lowest BCUT2D eigenvalue weighted by Crippen LogP contribution is -2.27. The number of allylic oxidation sites excluding steroid dienone is 4. The van der Waals surface area contributed by atoms with E-state index in [2.05, 4.69) is 17.2 Å². The molecule has 0 saturated heterocycles. The van der Waals surface area contributed by atoms with Gasteiger partial charge in [-0.1, -0.05) is 24.8 Å². The molecule has 0 aliphatic heterocycles. The van der Waals surface area contributed by atoms with Gasteiger partial charge in [-0.25, -0.2) is 9.79 Å². The van der Waals surface area contributed by atoms with E-state index in [9.17, 15) is 4.79 Å². The predicted molar refractivity (Wildman–Crippen MR) is 133 cm³/mol. The summed E-state index contributed by atoms with van der Waals surface area (Å²) in [5.74, 6) is 0. The highest BCUT2D eigenvalue weighted by Crippen LogP contribution is 2.35. The van der Waals surface area contributed by atoms with E-state index in [1.54, 1.807) is 0 Å². The van der Waals surface area contributed by atoms with Crippen molar-refractivity contribution in [3.05, 3.63) is 83.6 Å². The van der Waals surface area contributed by atoms with Crippen molar-refractivity contribution < 1.29 is 9.53 Å². The number of amides is 1. The Morgan fingerprint density at radius 1 is 1.06 bits per heavy atom. The molecule has 6 heteroatoms. The van der Waals surface area contributed by atoms with Crippen LogP contribution in [0.2, 0.25) is 0 Å². The van der Waals surface area contributed by atoms with Crippen LogP contribution in [0.1, 0.15) is 33.3 Å². The number of nitrogens with one attached hydrogen (secondary N) is 2. The van der Waals surface area contributed by atoms with Gasteiger partial charge in [-0.2, -0.15) is 0 Å². The Bertz CT molecular complexity index is 1140. The lowest BCUT2D eigenvalue weighted by Gasteiger charge is -2.21. The zero-order chi connectivity index (χ0) is 23.5. The Kier molecular flexibility index (Phi) is 6.53. The van der Waals surface area contributed by atoms with Crippen LogP contribution in [0.4, 0.5) is 27.5 Å². The quantitative estimate of drug-likeness (QED) is 0.515. The molecule has 2 aromatic rings. The number of aliphatic imine (C=N–C) groups is 1. The minimum absolute atomic E-state index is 0.509. The second-order valence-electron chi connectivity index (χ2n) is 8.75. The molecule has 2 aromatic carbocycles. The van der Waals surface area contributed by atoms with Crippen LogP contribution in [0.5, 0.6) is 0 Å². The number of ether oxygens (including phenoxy) is 1. The van der Waals surface area contributed by atoms with Gasteiger partial charge in [0.05, 0.1) is 17.1 Å². The number of aryl methyl sites for hydroxylation is 1. The maximum Gasteiger partial charge on any atom is 0.412 e. The Balaban J connectivity index is 2.02. The van der Waals surface area contributed by atoms with E-state index in [0.717, 1.165) is 39.5 Å². The van der Waals surface area contributed by atoms with E-state index in [4.69, 9.17) is 15.5 Å². The van der Waals surface area contributed by atoms with Crippen LogP contribution >= 0.6 is 0 Å². The maximum atomic E-state index is 12.3. The Morgan fingerprint density at radius 2 is 1.75 bits per heavy atom. The summed E-state index contributed by atoms with van der Waals surface area (Å²) in [7, 11) is 0. The number of hydrogen-bond donors (Lipinski definition) is 3. The average molecular weight is 431 g/mol. The Hall–Kier alpha value is -3.80. The number of benzene rings is 2. The van der Waals surface area contributed by atoms with Crippen molar-refractivity contribution >= 4 is 34.6 Å². The molecule has 0 aromatic heterocycles. The van der Waals surface area contributed by atoms with E-state index in [1.165, 1.54) is 0 Å². The monoisotopic (exact) mass is 430 g/mol. The van der Waals surface area contributed by atoms with Crippen molar-refractivity contribution in [1.29, 1.82) is 0 Å². The third kappa shape index (κ3) is 5.88. The lowest BCUT2D eigenvalue weighted by atomic mass is 9.99. The van der Waals surface area contributed by atoms with Gasteiger partial charge in [0.15, 0.2) is 0 Å². The number of nitrogens with zero attached hydrogens (tertiary/aromatic N) is 1. The first-order chi connectivity index (χ1) is 15.0. The van der Waals surface area contributed by atoms with Crippen LogP contribution in [0.3, 0.4) is 0 Å². The summed E-state index contributed by atoms with van der Waals surface area (Å²) in [5, 5.41) is 6.24.